The maximum Gasteiger partial charge on any atom is 0.341 e. The molecule has 0 atom stereocenters. The summed E-state index contributed by atoms with van der Waals surface area (Å²) in [4.78, 5) is 22.6. The summed E-state index contributed by atoms with van der Waals surface area (Å²) in [6.45, 7) is 0.510. The lowest BCUT2D eigenvalue weighted by Crippen LogP contribution is -2.41. The third kappa shape index (κ3) is 6.22. The summed E-state index contributed by atoms with van der Waals surface area (Å²) in [5.74, 6) is 0.122. The van der Waals surface area contributed by atoms with Crippen molar-refractivity contribution in [2.75, 3.05) is 43.5 Å². The maximum atomic E-state index is 12.2. The number of amides is 1. The van der Waals surface area contributed by atoms with E-state index in [-0.39, 0.29) is 23.6 Å². The number of hydrogen-bond donors (Lipinski definition) is 2. The number of rotatable bonds is 8. The quantitative estimate of drug-likeness (QED) is 0.657. The van der Waals surface area contributed by atoms with Crippen molar-refractivity contribution >= 4 is 33.7 Å². The molecule has 0 aromatic heterocycles. The number of sulfonamides is 1. The fourth-order valence-corrected chi connectivity index (χ4v) is 4.71. The first kappa shape index (κ1) is 19.5. The molecule has 1 aromatic rings. The van der Waals surface area contributed by atoms with E-state index in [1.54, 1.807) is 30.0 Å². The van der Waals surface area contributed by atoms with E-state index in [1.165, 1.54) is 10.4 Å². The van der Waals surface area contributed by atoms with Gasteiger partial charge in [-0.1, -0.05) is 6.07 Å². The highest BCUT2D eigenvalue weighted by Gasteiger charge is 2.23. The van der Waals surface area contributed by atoms with Crippen LogP contribution in [0.25, 0.3) is 0 Å². The van der Waals surface area contributed by atoms with Crippen molar-refractivity contribution in [3.8, 4) is 5.75 Å². The van der Waals surface area contributed by atoms with Crippen LogP contribution < -0.4 is 10.1 Å². The number of thioether (sulfide) groups is 1. The van der Waals surface area contributed by atoms with E-state index < -0.39 is 28.5 Å². The van der Waals surface area contributed by atoms with E-state index in [0.29, 0.717) is 13.1 Å². The number of benzene rings is 1. The minimum Gasteiger partial charge on any atom is -0.482 e. The Balaban J connectivity index is 1.85. The Bertz CT molecular complexity index is 716. The maximum absolute atomic E-state index is 12.2. The molecule has 1 amide bonds. The first-order valence-corrected chi connectivity index (χ1v) is 10.4. The highest BCUT2D eigenvalue weighted by Crippen LogP contribution is 2.14. The zero-order valence-corrected chi connectivity index (χ0v) is 15.1. The van der Waals surface area contributed by atoms with Crippen molar-refractivity contribution in [3.05, 3.63) is 29.8 Å². The molecule has 0 saturated carbocycles. The smallest absolute Gasteiger partial charge is 0.341 e. The van der Waals surface area contributed by atoms with E-state index in [1.807, 2.05) is 0 Å². The Kier molecular flexibility index (Phi) is 7.09. The fourth-order valence-electron chi connectivity index (χ4n) is 2.22. The molecular weight excluding hydrogens is 368 g/mol. The zero-order chi connectivity index (χ0) is 18.3. The second-order valence-corrected chi connectivity index (χ2v) is 8.61. The third-order valence-electron chi connectivity index (χ3n) is 3.47. The van der Waals surface area contributed by atoms with Gasteiger partial charge in [0.05, 0.1) is 5.75 Å². The van der Waals surface area contributed by atoms with Crippen LogP contribution >= 0.6 is 11.8 Å². The van der Waals surface area contributed by atoms with Crippen molar-refractivity contribution in [1.29, 1.82) is 0 Å². The lowest BCUT2D eigenvalue weighted by molar-refractivity contribution is -0.139. The SMILES string of the molecule is O=C(O)COc1cccc(C(=O)NCCS(=O)(=O)N2CCSCC2)c1. The topological polar surface area (TPSA) is 113 Å². The summed E-state index contributed by atoms with van der Waals surface area (Å²) in [5, 5.41) is 11.2. The molecule has 2 N–H and O–H groups in total. The number of hydrogen-bond acceptors (Lipinski definition) is 6. The summed E-state index contributed by atoms with van der Waals surface area (Å²) >= 11 is 1.72. The molecule has 1 heterocycles. The minimum absolute atomic E-state index is 0.00498. The van der Waals surface area contributed by atoms with E-state index in [4.69, 9.17) is 9.84 Å². The van der Waals surface area contributed by atoms with E-state index in [0.717, 1.165) is 11.5 Å². The molecule has 138 valence electrons. The normalized spacial score (nSPS) is 15.5. The molecule has 1 saturated heterocycles. The predicted octanol–water partition coefficient (Wildman–Crippen LogP) is 0.258. The number of nitrogens with one attached hydrogen (secondary N) is 1. The fraction of sp³-hybridized carbons (Fsp3) is 0.467. The highest BCUT2D eigenvalue weighted by molar-refractivity contribution is 7.99. The van der Waals surface area contributed by atoms with Crippen LogP contribution in [0.2, 0.25) is 0 Å². The van der Waals surface area contributed by atoms with Gasteiger partial charge in [-0.3, -0.25) is 4.79 Å². The summed E-state index contributed by atoms with van der Waals surface area (Å²) in [5.41, 5.74) is 0.273. The van der Waals surface area contributed by atoms with Crippen LogP contribution in [-0.2, 0) is 14.8 Å². The number of aliphatic carboxylic acids is 1. The van der Waals surface area contributed by atoms with Gasteiger partial charge in [0.1, 0.15) is 5.75 Å². The second-order valence-electron chi connectivity index (χ2n) is 5.29. The van der Waals surface area contributed by atoms with E-state index >= 15 is 0 Å². The van der Waals surface area contributed by atoms with Crippen LogP contribution in [0.4, 0.5) is 0 Å². The molecular formula is C15H20N2O6S2. The molecule has 2 rings (SSSR count). The van der Waals surface area contributed by atoms with Gasteiger partial charge in [-0.05, 0) is 18.2 Å². The molecule has 25 heavy (non-hydrogen) atoms. The molecule has 0 bridgehead atoms. The number of carbonyl (C=O) groups is 2. The Morgan fingerprint density at radius 2 is 2.00 bits per heavy atom. The Morgan fingerprint density at radius 1 is 1.28 bits per heavy atom. The third-order valence-corrected chi connectivity index (χ3v) is 6.28. The molecule has 1 fully saturated rings. The van der Waals surface area contributed by atoms with Gasteiger partial charge < -0.3 is 15.2 Å². The Labute approximate surface area is 150 Å². The van der Waals surface area contributed by atoms with Crippen molar-refractivity contribution in [2.24, 2.45) is 0 Å². The molecule has 0 unspecified atom stereocenters. The van der Waals surface area contributed by atoms with E-state index in [2.05, 4.69) is 5.32 Å². The number of carbonyl (C=O) groups excluding carboxylic acids is 1. The second kappa shape index (κ2) is 9.07. The van der Waals surface area contributed by atoms with Crippen LogP contribution in [0.5, 0.6) is 5.75 Å². The van der Waals surface area contributed by atoms with Crippen molar-refractivity contribution in [3.63, 3.8) is 0 Å². The van der Waals surface area contributed by atoms with Crippen LogP contribution in [0.3, 0.4) is 0 Å². The largest absolute Gasteiger partial charge is 0.482 e. The lowest BCUT2D eigenvalue weighted by Gasteiger charge is -2.25. The van der Waals surface area contributed by atoms with Gasteiger partial charge in [0.25, 0.3) is 5.91 Å². The molecule has 0 spiro atoms. The molecule has 0 aliphatic carbocycles. The minimum atomic E-state index is -3.37. The van der Waals surface area contributed by atoms with Crippen LogP contribution in [0, 0.1) is 0 Å². The monoisotopic (exact) mass is 388 g/mol. The first-order chi connectivity index (χ1) is 11.9. The Morgan fingerprint density at radius 3 is 2.68 bits per heavy atom. The molecule has 1 aliphatic heterocycles. The molecule has 1 aromatic carbocycles. The summed E-state index contributed by atoms with van der Waals surface area (Å²) < 4.78 is 30.9. The standard InChI is InChI=1S/C15H20N2O6S2/c18-14(19)11-23-13-3-1-2-12(10-13)15(20)16-4-9-25(21,22)17-5-7-24-8-6-17/h1-3,10H,4-9,11H2,(H,16,20)(H,18,19). The molecule has 1 aliphatic rings. The van der Waals surface area contributed by atoms with Crippen molar-refractivity contribution < 1.29 is 27.9 Å². The van der Waals surface area contributed by atoms with Crippen molar-refractivity contribution in [2.45, 2.75) is 0 Å². The summed E-state index contributed by atoms with van der Waals surface area (Å²) in [7, 11) is -3.37. The predicted molar refractivity (Wildman–Crippen MR) is 94.6 cm³/mol. The van der Waals surface area contributed by atoms with Crippen molar-refractivity contribution in [1.82, 2.24) is 9.62 Å². The van der Waals surface area contributed by atoms with Gasteiger partial charge in [0, 0.05) is 36.7 Å². The number of carboxylic acids is 1. The van der Waals surface area contributed by atoms with Crippen LogP contribution in [-0.4, -0.2) is 73.2 Å². The number of ether oxygens (including phenoxy) is 1. The summed E-state index contributed by atoms with van der Waals surface area (Å²) in [6, 6.07) is 6.06. The number of nitrogens with zero attached hydrogens (tertiary/aromatic N) is 1. The average Bonchev–Trinajstić information content (AvgIpc) is 2.61. The Hall–Kier alpha value is -1.78. The van der Waals surface area contributed by atoms with Gasteiger partial charge >= 0.3 is 5.97 Å². The zero-order valence-electron chi connectivity index (χ0n) is 13.5. The van der Waals surface area contributed by atoms with Crippen LogP contribution in [0.15, 0.2) is 24.3 Å². The molecule has 0 radical (unpaired) electrons. The lowest BCUT2D eigenvalue weighted by atomic mass is 10.2. The summed E-state index contributed by atoms with van der Waals surface area (Å²) in [6.07, 6.45) is 0. The van der Waals surface area contributed by atoms with Crippen LogP contribution in [0.1, 0.15) is 10.4 Å². The number of carboxylic acid groups (broad SMARTS) is 1. The molecule has 10 heteroatoms. The molecule has 8 nitrogen and oxygen atoms in total. The van der Waals surface area contributed by atoms with Gasteiger partial charge in [0.15, 0.2) is 6.61 Å². The van der Waals surface area contributed by atoms with Gasteiger partial charge in [0.2, 0.25) is 10.0 Å². The van der Waals surface area contributed by atoms with Gasteiger partial charge in [-0.15, -0.1) is 0 Å². The highest BCUT2D eigenvalue weighted by atomic mass is 32.2. The first-order valence-electron chi connectivity index (χ1n) is 7.67. The van der Waals surface area contributed by atoms with E-state index in [9.17, 15) is 18.0 Å². The van der Waals surface area contributed by atoms with Gasteiger partial charge in [-0.2, -0.15) is 11.8 Å². The van der Waals surface area contributed by atoms with Gasteiger partial charge in [-0.25, -0.2) is 17.5 Å². The average molecular weight is 388 g/mol.